The highest BCUT2D eigenvalue weighted by Crippen LogP contribution is 2.20. The molecule has 3 heteroatoms. The zero-order chi connectivity index (χ0) is 10.6. The summed E-state index contributed by atoms with van der Waals surface area (Å²) in [6, 6.07) is 7.78. The van der Waals surface area contributed by atoms with Gasteiger partial charge in [-0.3, -0.25) is 0 Å². The molecule has 1 N–H and O–H groups in total. The summed E-state index contributed by atoms with van der Waals surface area (Å²) in [7, 11) is 0. The Kier molecular flexibility index (Phi) is 3.97. The average molecular weight is 253 g/mol. The SMILES string of the molecule is CC(C)CNc1ccc(C#N)c(Br)c1. The van der Waals surface area contributed by atoms with Crippen LogP contribution in [-0.4, -0.2) is 6.54 Å². The van der Waals surface area contributed by atoms with Crippen LogP contribution in [0.5, 0.6) is 0 Å². The molecule has 1 aromatic rings. The number of halogens is 1. The van der Waals surface area contributed by atoms with Crippen LogP contribution in [0, 0.1) is 17.2 Å². The van der Waals surface area contributed by atoms with Gasteiger partial charge in [0, 0.05) is 16.7 Å². The lowest BCUT2D eigenvalue weighted by Gasteiger charge is -2.09. The van der Waals surface area contributed by atoms with Gasteiger partial charge < -0.3 is 5.32 Å². The Labute approximate surface area is 93.1 Å². The van der Waals surface area contributed by atoms with Crippen molar-refractivity contribution >= 4 is 21.6 Å². The average Bonchev–Trinajstić information content (AvgIpc) is 2.15. The number of hydrogen-bond acceptors (Lipinski definition) is 2. The highest BCUT2D eigenvalue weighted by molar-refractivity contribution is 9.10. The molecule has 0 radical (unpaired) electrons. The van der Waals surface area contributed by atoms with Crippen molar-refractivity contribution in [2.24, 2.45) is 5.92 Å². The molecule has 0 heterocycles. The first-order valence-electron chi connectivity index (χ1n) is 4.57. The second-order valence-electron chi connectivity index (χ2n) is 3.58. The van der Waals surface area contributed by atoms with Gasteiger partial charge in [-0.15, -0.1) is 0 Å². The normalized spacial score (nSPS) is 9.93. The van der Waals surface area contributed by atoms with Gasteiger partial charge in [0.25, 0.3) is 0 Å². The maximum absolute atomic E-state index is 8.73. The minimum Gasteiger partial charge on any atom is -0.385 e. The predicted molar refractivity (Wildman–Crippen MR) is 62.2 cm³/mol. The first-order chi connectivity index (χ1) is 6.63. The van der Waals surface area contributed by atoms with Crippen molar-refractivity contribution in [1.29, 1.82) is 5.26 Å². The molecule has 0 fully saturated rings. The Hall–Kier alpha value is -1.01. The minimum absolute atomic E-state index is 0.615. The van der Waals surface area contributed by atoms with Crippen LogP contribution in [0.15, 0.2) is 22.7 Å². The third kappa shape index (κ3) is 3.04. The predicted octanol–water partition coefficient (Wildman–Crippen LogP) is 3.39. The lowest BCUT2D eigenvalue weighted by molar-refractivity contribution is 0.689. The molecule has 0 bridgehead atoms. The second-order valence-corrected chi connectivity index (χ2v) is 4.44. The smallest absolute Gasteiger partial charge is 0.100 e. The molecule has 0 aliphatic carbocycles. The van der Waals surface area contributed by atoms with Gasteiger partial charge >= 0.3 is 0 Å². The number of nitrogens with one attached hydrogen (secondary N) is 1. The summed E-state index contributed by atoms with van der Waals surface area (Å²) in [4.78, 5) is 0. The molecule has 0 unspecified atom stereocenters. The molecule has 2 nitrogen and oxygen atoms in total. The van der Waals surface area contributed by atoms with E-state index in [0.717, 1.165) is 16.7 Å². The van der Waals surface area contributed by atoms with Crippen LogP contribution >= 0.6 is 15.9 Å². The number of nitriles is 1. The summed E-state index contributed by atoms with van der Waals surface area (Å²) < 4.78 is 0.841. The van der Waals surface area contributed by atoms with Crippen LogP contribution in [0.1, 0.15) is 19.4 Å². The van der Waals surface area contributed by atoms with Gasteiger partial charge in [0.1, 0.15) is 6.07 Å². The lowest BCUT2D eigenvalue weighted by atomic mass is 10.2. The van der Waals surface area contributed by atoms with Crippen LogP contribution < -0.4 is 5.32 Å². The largest absolute Gasteiger partial charge is 0.385 e. The van der Waals surface area contributed by atoms with Crippen molar-refractivity contribution < 1.29 is 0 Å². The molecule has 0 spiro atoms. The van der Waals surface area contributed by atoms with E-state index < -0.39 is 0 Å². The van der Waals surface area contributed by atoms with E-state index in [1.807, 2.05) is 18.2 Å². The van der Waals surface area contributed by atoms with Gasteiger partial charge in [-0.1, -0.05) is 13.8 Å². The molecule has 1 rings (SSSR count). The van der Waals surface area contributed by atoms with Gasteiger partial charge in [0.05, 0.1) is 5.56 Å². The van der Waals surface area contributed by atoms with Crippen molar-refractivity contribution in [2.75, 3.05) is 11.9 Å². The van der Waals surface area contributed by atoms with E-state index in [4.69, 9.17) is 5.26 Å². The van der Waals surface area contributed by atoms with Crippen LogP contribution in [0.4, 0.5) is 5.69 Å². The van der Waals surface area contributed by atoms with Crippen molar-refractivity contribution in [3.8, 4) is 6.07 Å². The molecule has 0 atom stereocenters. The fraction of sp³-hybridized carbons (Fsp3) is 0.364. The van der Waals surface area contributed by atoms with Gasteiger partial charge in [-0.2, -0.15) is 5.26 Å². The number of hydrogen-bond donors (Lipinski definition) is 1. The summed E-state index contributed by atoms with van der Waals surface area (Å²) in [5.41, 5.74) is 1.71. The fourth-order valence-corrected chi connectivity index (χ4v) is 1.51. The van der Waals surface area contributed by atoms with Gasteiger partial charge in [0.2, 0.25) is 0 Å². The first-order valence-corrected chi connectivity index (χ1v) is 5.36. The minimum atomic E-state index is 0.615. The first kappa shape index (κ1) is 11.1. The topological polar surface area (TPSA) is 35.8 Å². The summed E-state index contributed by atoms with van der Waals surface area (Å²) >= 11 is 3.35. The monoisotopic (exact) mass is 252 g/mol. The Balaban J connectivity index is 2.73. The molecule has 14 heavy (non-hydrogen) atoms. The molecular formula is C11H13BrN2. The number of rotatable bonds is 3. The molecule has 0 saturated carbocycles. The van der Waals surface area contributed by atoms with Crippen molar-refractivity contribution in [3.05, 3.63) is 28.2 Å². The molecule has 0 amide bonds. The number of benzene rings is 1. The Morgan fingerprint density at radius 1 is 1.50 bits per heavy atom. The molecule has 0 aliphatic heterocycles. The fourth-order valence-electron chi connectivity index (χ4n) is 1.04. The highest BCUT2D eigenvalue weighted by atomic mass is 79.9. The Bertz CT molecular complexity index is 353. The van der Waals surface area contributed by atoms with E-state index >= 15 is 0 Å². The summed E-state index contributed by atoms with van der Waals surface area (Å²) in [6.07, 6.45) is 0. The third-order valence-corrected chi connectivity index (χ3v) is 2.46. The second kappa shape index (κ2) is 5.02. The standard InChI is InChI=1S/C11H13BrN2/c1-8(2)7-14-10-4-3-9(6-13)11(12)5-10/h3-5,8,14H,7H2,1-2H3. The number of anilines is 1. The van der Waals surface area contributed by atoms with Gasteiger partial charge in [-0.25, -0.2) is 0 Å². The zero-order valence-electron chi connectivity index (χ0n) is 8.34. The highest BCUT2D eigenvalue weighted by Gasteiger charge is 2.00. The van der Waals surface area contributed by atoms with E-state index in [0.29, 0.717) is 11.5 Å². The maximum atomic E-state index is 8.73. The summed E-state index contributed by atoms with van der Waals surface area (Å²) in [5.74, 6) is 0.615. The summed E-state index contributed by atoms with van der Waals surface area (Å²) in [5, 5.41) is 12.0. The maximum Gasteiger partial charge on any atom is 0.100 e. The van der Waals surface area contributed by atoms with Crippen molar-refractivity contribution in [2.45, 2.75) is 13.8 Å². The van der Waals surface area contributed by atoms with Crippen LogP contribution in [0.25, 0.3) is 0 Å². The molecule has 0 aliphatic rings. The summed E-state index contributed by atoms with van der Waals surface area (Å²) in [6.45, 7) is 5.26. The van der Waals surface area contributed by atoms with E-state index in [1.165, 1.54) is 0 Å². The Morgan fingerprint density at radius 3 is 2.71 bits per heavy atom. The van der Waals surface area contributed by atoms with Crippen LogP contribution in [0.3, 0.4) is 0 Å². The van der Waals surface area contributed by atoms with E-state index in [-0.39, 0.29) is 0 Å². The molecule has 0 aromatic heterocycles. The van der Waals surface area contributed by atoms with Crippen molar-refractivity contribution in [3.63, 3.8) is 0 Å². The van der Waals surface area contributed by atoms with E-state index in [9.17, 15) is 0 Å². The molecule has 74 valence electrons. The lowest BCUT2D eigenvalue weighted by Crippen LogP contribution is -2.07. The van der Waals surface area contributed by atoms with Crippen LogP contribution in [-0.2, 0) is 0 Å². The van der Waals surface area contributed by atoms with Crippen molar-refractivity contribution in [1.82, 2.24) is 0 Å². The molecular weight excluding hydrogens is 240 g/mol. The Morgan fingerprint density at radius 2 is 2.21 bits per heavy atom. The number of nitrogens with zero attached hydrogens (tertiary/aromatic N) is 1. The van der Waals surface area contributed by atoms with Gasteiger partial charge in [-0.05, 0) is 40.0 Å². The molecule has 0 saturated heterocycles. The third-order valence-electron chi connectivity index (χ3n) is 1.80. The van der Waals surface area contributed by atoms with E-state index in [2.05, 4.69) is 41.2 Å². The van der Waals surface area contributed by atoms with Crippen LogP contribution in [0.2, 0.25) is 0 Å². The van der Waals surface area contributed by atoms with E-state index in [1.54, 1.807) is 0 Å². The zero-order valence-corrected chi connectivity index (χ0v) is 9.93. The quantitative estimate of drug-likeness (QED) is 0.896. The molecule has 1 aromatic carbocycles. The van der Waals surface area contributed by atoms with Gasteiger partial charge in [0.15, 0.2) is 0 Å².